The number of allylic oxidation sites excluding steroid dienone is 4. The third-order valence-electron chi connectivity index (χ3n) is 4.43. The monoisotopic (exact) mass is 393 g/mol. The Morgan fingerprint density at radius 1 is 1.04 bits per heavy atom. The molecule has 0 bridgehead atoms. The normalized spacial score (nSPS) is 15.6. The van der Waals surface area contributed by atoms with Gasteiger partial charge in [0.2, 0.25) is 5.52 Å². The molecule has 0 saturated heterocycles. The number of rotatable bonds is 5. The van der Waals surface area contributed by atoms with Crippen molar-refractivity contribution in [1.82, 2.24) is 0 Å². The van der Waals surface area contributed by atoms with Crippen molar-refractivity contribution in [3.63, 3.8) is 0 Å². The average Bonchev–Trinajstić information content (AvgIpc) is 3.24. The molecule has 1 aliphatic heterocycles. The smallest absolute Gasteiger partial charge is 0.264 e. The fraction of sp³-hybridized carbons (Fsp3) is 0.136. The maximum atomic E-state index is 9.69. The number of thioether (sulfide) groups is 1. The van der Waals surface area contributed by atoms with Crippen molar-refractivity contribution in [2.24, 2.45) is 0 Å². The molecule has 0 unspecified atom stereocenters. The summed E-state index contributed by atoms with van der Waals surface area (Å²) in [6, 6.07) is 16.7. The van der Waals surface area contributed by atoms with E-state index in [2.05, 4.69) is 54.3 Å². The van der Waals surface area contributed by atoms with Crippen molar-refractivity contribution in [2.75, 3.05) is 11.4 Å². The Bertz CT molecular complexity index is 1050. The molecule has 0 saturated carbocycles. The molecule has 0 aliphatic carbocycles. The number of aliphatic hydroxyl groups excluding tert-OH is 1. The van der Waals surface area contributed by atoms with E-state index in [-0.39, 0.29) is 6.73 Å². The van der Waals surface area contributed by atoms with Gasteiger partial charge in [0.25, 0.3) is 11.7 Å². The van der Waals surface area contributed by atoms with E-state index < -0.39 is 0 Å². The highest BCUT2D eigenvalue weighted by atomic mass is 32.2. The predicted octanol–water partition coefficient (Wildman–Crippen LogP) is 5.18. The molecule has 0 amide bonds. The number of fused-ring (bicyclic) bond motifs is 2. The molecule has 2 aromatic carbocycles. The van der Waals surface area contributed by atoms with E-state index in [4.69, 9.17) is 0 Å². The molecule has 2 heterocycles. The first-order chi connectivity index (χ1) is 13.3. The number of aromatic nitrogens is 1. The molecule has 0 fully saturated rings. The lowest BCUT2D eigenvalue weighted by molar-refractivity contribution is -0.703. The lowest BCUT2D eigenvalue weighted by Crippen LogP contribution is -2.34. The van der Waals surface area contributed by atoms with Crippen molar-refractivity contribution in [3.05, 3.63) is 82.9 Å². The molecule has 3 aromatic rings. The van der Waals surface area contributed by atoms with Crippen LogP contribution >= 0.6 is 23.1 Å². The third-order valence-corrected chi connectivity index (χ3v) is 6.69. The molecule has 0 atom stereocenters. The summed E-state index contributed by atoms with van der Waals surface area (Å²) < 4.78 is 3.10. The second kappa shape index (κ2) is 8.13. The van der Waals surface area contributed by atoms with E-state index in [1.807, 2.05) is 52.8 Å². The first-order valence-corrected chi connectivity index (χ1v) is 10.6. The number of aliphatic hydroxyl groups is 1. The van der Waals surface area contributed by atoms with Crippen LogP contribution in [0.1, 0.15) is 11.9 Å². The molecule has 0 spiro atoms. The summed E-state index contributed by atoms with van der Waals surface area (Å²) in [6.45, 7) is 3.12. The minimum Gasteiger partial charge on any atom is -0.339 e. The van der Waals surface area contributed by atoms with Crippen molar-refractivity contribution in [1.29, 1.82) is 0 Å². The highest BCUT2D eigenvalue weighted by Crippen LogP contribution is 2.45. The van der Waals surface area contributed by atoms with Crippen LogP contribution in [0, 0.1) is 0 Å². The van der Waals surface area contributed by atoms with Crippen molar-refractivity contribution in [3.8, 4) is 0 Å². The minimum absolute atomic E-state index is 0.0161. The molecule has 5 heteroatoms. The van der Waals surface area contributed by atoms with Crippen LogP contribution in [0.2, 0.25) is 0 Å². The van der Waals surface area contributed by atoms with Crippen LogP contribution in [-0.4, -0.2) is 11.7 Å². The molecule has 4 rings (SSSR count). The van der Waals surface area contributed by atoms with Crippen LogP contribution in [0.25, 0.3) is 16.3 Å². The Hall–Kier alpha value is -2.34. The number of para-hydroxylation sites is 2. The maximum absolute atomic E-state index is 9.69. The summed E-state index contributed by atoms with van der Waals surface area (Å²) in [5, 5.41) is 12.0. The second-order valence-electron chi connectivity index (χ2n) is 6.04. The quantitative estimate of drug-likeness (QED) is 0.478. The summed E-state index contributed by atoms with van der Waals surface area (Å²) in [7, 11) is 0. The first-order valence-electron chi connectivity index (χ1n) is 8.93. The van der Waals surface area contributed by atoms with Crippen LogP contribution in [0.5, 0.6) is 0 Å². The van der Waals surface area contributed by atoms with Gasteiger partial charge in [-0.25, -0.2) is 0 Å². The van der Waals surface area contributed by atoms with Gasteiger partial charge in [0.1, 0.15) is 4.70 Å². The number of nitrogens with zero attached hydrogens (tertiary/aromatic N) is 2. The zero-order valence-corrected chi connectivity index (χ0v) is 16.7. The van der Waals surface area contributed by atoms with Gasteiger partial charge in [-0.05, 0) is 31.2 Å². The largest absolute Gasteiger partial charge is 0.339 e. The summed E-state index contributed by atoms with van der Waals surface area (Å²) >= 11 is 3.49. The standard InChI is InChI=1S/C22H21N2OS2/c1-2-23-17-10-6-8-12-19(17)26-21(23)14-4-3-5-15-22-24(16-25)18-11-7-9-13-20(18)27-22/h3-15,25H,2,16H2,1H3/q+1. The average molecular weight is 394 g/mol. The Morgan fingerprint density at radius 3 is 2.70 bits per heavy atom. The Kier molecular flexibility index (Phi) is 5.43. The number of anilines is 1. The maximum Gasteiger partial charge on any atom is 0.264 e. The number of hydrogen-bond acceptors (Lipinski definition) is 4. The zero-order chi connectivity index (χ0) is 18.6. The van der Waals surface area contributed by atoms with Gasteiger partial charge in [0.15, 0.2) is 0 Å². The predicted molar refractivity (Wildman–Crippen MR) is 116 cm³/mol. The molecular weight excluding hydrogens is 372 g/mol. The highest BCUT2D eigenvalue weighted by molar-refractivity contribution is 8.03. The van der Waals surface area contributed by atoms with Gasteiger partial charge in [0.05, 0.1) is 10.7 Å². The Morgan fingerprint density at radius 2 is 1.85 bits per heavy atom. The first kappa shape index (κ1) is 18.0. The SMILES string of the molecule is CCN1C(=CC=CC=Cc2sc3ccccc3[n+]2CO)Sc2ccccc21. The zero-order valence-electron chi connectivity index (χ0n) is 15.1. The van der Waals surface area contributed by atoms with Crippen LogP contribution in [-0.2, 0) is 6.73 Å². The molecule has 0 radical (unpaired) electrons. The second-order valence-corrected chi connectivity index (χ2v) is 8.16. The summed E-state index contributed by atoms with van der Waals surface area (Å²) in [6.07, 6.45) is 10.3. The molecule has 136 valence electrons. The Labute approximate surface area is 167 Å². The summed E-state index contributed by atoms with van der Waals surface area (Å²) in [5.74, 6) is 0. The van der Waals surface area contributed by atoms with E-state index >= 15 is 0 Å². The van der Waals surface area contributed by atoms with Crippen LogP contribution < -0.4 is 9.47 Å². The van der Waals surface area contributed by atoms with Crippen molar-refractivity contribution < 1.29 is 9.67 Å². The number of thiazole rings is 1. The lowest BCUT2D eigenvalue weighted by atomic mass is 10.3. The molecule has 1 N–H and O–H groups in total. The van der Waals surface area contributed by atoms with E-state index in [9.17, 15) is 5.11 Å². The molecule has 27 heavy (non-hydrogen) atoms. The van der Waals surface area contributed by atoms with Gasteiger partial charge in [-0.15, -0.1) is 0 Å². The summed E-state index contributed by atoms with van der Waals surface area (Å²) in [4.78, 5) is 3.64. The van der Waals surface area contributed by atoms with E-state index in [1.165, 1.54) is 20.3 Å². The number of hydrogen-bond donors (Lipinski definition) is 1. The fourth-order valence-corrected chi connectivity index (χ4v) is 5.37. The molecule has 1 aromatic heterocycles. The van der Waals surface area contributed by atoms with Gasteiger partial charge >= 0.3 is 0 Å². The molecular formula is C22H21N2OS2+. The number of benzene rings is 2. The van der Waals surface area contributed by atoms with E-state index in [0.717, 1.165) is 17.1 Å². The van der Waals surface area contributed by atoms with Crippen molar-refractivity contribution >= 4 is 45.1 Å². The van der Waals surface area contributed by atoms with E-state index in [1.54, 1.807) is 11.3 Å². The minimum atomic E-state index is -0.0161. The topological polar surface area (TPSA) is 27.4 Å². The summed E-state index contributed by atoms with van der Waals surface area (Å²) in [5.41, 5.74) is 2.35. The van der Waals surface area contributed by atoms with Gasteiger partial charge in [-0.2, -0.15) is 4.57 Å². The highest BCUT2D eigenvalue weighted by Gasteiger charge is 2.22. The van der Waals surface area contributed by atoms with Gasteiger partial charge < -0.3 is 10.0 Å². The Balaban J connectivity index is 1.51. The molecule has 3 nitrogen and oxygen atoms in total. The van der Waals surface area contributed by atoms with Crippen LogP contribution in [0.4, 0.5) is 5.69 Å². The van der Waals surface area contributed by atoms with Crippen molar-refractivity contribution in [2.45, 2.75) is 18.6 Å². The van der Waals surface area contributed by atoms with Gasteiger partial charge in [-0.1, -0.05) is 65.6 Å². The van der Waals surface area contributed by atoms with Crippen LogP contribution in [0.3, 0.4) is 0 Å². The lowest BCUT2D eigenvalue weighted by Gasteiger charge is -2.17. The van der Waals surface area contributed by atoms with E-state index in [0.29, 0.717) is 0 Å². The van der Waals surface area contributed by atoms with Gasteiger partial charge in [0, 0.05) is 23.6 Å². The van der Waals surface area contributed by atoms with Gasteiger partial charge in [-0.3, -0.25) is 0 Å². The van der Waals surface area contributed by atoms with Crippen LogP contribution in [0.15, 0.2) is 82.8 Å². The molecule has 1 aliphatic rings. The third kappa shape index (κ3) is 3.58. The fourth-order valence-electron chi connectivity index (χ4n) is 3.17.